The zero-order valence-corrected chi connectivity index (χ0v) is 12.9. The van der Waals surface area contributed by atoms with E-state index in [1.807, 2.05) is 18.2 Å². The molecule has 8 heteroatoms. The van der Waals surface area contributed by atoms with E-state index < -0.39 is 18.0 Å². The molecule has 1 fully saturated rings. The first kappa shape index (κ1) is 16.5. The van der Waals surface area contributed by atoms with Gasteiger partial charge in [-0.2, -0.15) is 13.2 Å². The number of methoxy groups -OCH3 is 1. The quantitative estimate of drug-likeness (QED) is 0.932. The molecule has 1 N–H and O–H groups in total. The molecule has 1 aromatic heterocycles. The van der Waals surface area contributed by atoms with Crippen LogP contribution in [0.3, 0.4) is 0 Å². The fourth-order valence-electron chi connectivity index (χ4n) is 2.86. The first-order valence-corrected chi connectivity index (χ1v) is 7.38. The monoisotopic (exact) mass is 339 g/mol. The summed E-state index contributed by atoms with van der Waals surface area (Å²) < 4.78 is 43.0. The van der Waals surface area contributed by atoms with Gasteiger partial charge in [0.1, 0.15) is 5.75 Å². The molecule has 1 aliphatic heterocycles. The van der Waals surface area contributed by atoms with Gasteiger partial charge in [-0.3, -0.25) is 0 Å². The molecule has 1 aromatic carbocycles. The molecule has 2 unspecified atom stereocenters. The molecule has 0 radical (unpaired) electrons. The minimum atomic E-state index is -4.53. The lowest BCUT2D eigenvalue weighted by molar-refractivity contribution is -0.141. The van der Waals surface area contributed by atoms with Crippen LogP contribution in [0.4, 0.5) is 19.0 Å². The number of rotatable bonds is 3. The second-order valence-electron chi connectivity index (χ2n) is 5.61. The van der Waals surface area contributed by atoms with Crippen molar-refractivity contribution in [2.75, 3.05) is 18.6 Å². The van der Waals surface area contributed by atoms with E-state index in [4.69, 9.17) is 4.74 Å². The molecule has 1 aliphatic rings. The van der Waals surface area contributed by atoms with Crippen LogP contribution in [-0.2, 0) is 6.18 Å². The summed E-state index contributed by atoms with van der Waals surface area (Å²) in [4.78, 5) is 1.76. The maximum Gasteiger partial charge on any atom is 0.435 e. The Morgan fingerprint density at radius 3 is 2.62 bits per heavy atom. The number of β-amino-alcohol motifs (C(OH)–C–C–N with tert-alkyl or cyclic N) is 1. The second kappa shape index (κ2) is 6.27. The van der Waals surface area contributed by atoms with Gasteiger partial charge in [-0.25, -0.2) is 0 Å². The average Bonchev–Trinajstić information content (AvgIpc) is 2.96. The molecule has 2 aromatic rings. The molecule has 0 bridgehead atoms. The minimum absolute atomic E-state index is 0.207. The Morgan fingerprint density at radius 1 is 1.21 bits per heavy atom. The van der Waals surface area contributed by atoms with E-state index in [0.717, 1.165) is 11.6 Å². The topological polar surface area (TPSA) is 58.5 Å². The zero-order valence-electron chi connectivity index (χ0n) is 12.9. The third kappa shape index (κ3) is 3.28. The highest BCUT2D eigenvalue weighted by Crippen LogP contribution is 2.37. The van der Waals surface area contributed by atoms with Crippen molar-refractivity contribution in [1.29, 1.82) is 0 Å². The van der Waals surface area contributed by atoms with E-state index in [2.05, 4.69) is 10.2 Å². The molecule has 2 heterocycles. The van der Waals surface area contributed by atoms with Crippen LogP contribution in [0.1, 0.15) is 23.7 Å². The van der Waals surface area contributed by atoms with Crippen LogP contribution in [0.2, 0.25) is 0 Å². The molecule has 0 spiro atoms. The lowest BCUT2D eigenvalue weighted by Crippen LogP contribution is -2.26. The minimum Gasteiger partial charge on any atom is -0.497 e. The number of halogens is 3. The Labute approximate surface area is 136 Å². The summed E-state index contributed by atoms with van der Waals surface area (Å²) in [5.74, 6) is 0.972. The van der Waals surface area contributed by atoms with Crippen molar-refractivity contribution in [2.24, 2.45) is 0 Å². The number of aliphatic hydroxyl groups excluding tert-OH is 1. The molecule has 0 amide bonds. The van der Waals surface area contributed by atoms with Gasteiger partial charge in [0.25, 0.3) is 0 Å². The SMILES string of the molecule is COc1cccc(C2CC(O)CN2c2ccc(C(F)(F)F)nn2)c1. The lowest BCUT2D eigenvalue weighted by atomic mass is 10.0. The maximum atomic E-state index is 12.6. The lowest BCUT2D eigenvalue weighted by Gasteiger charge is -2.25. The van der Waals surface area contributed by atoms with Crippen molar-refractivity contribution in [3.63, 3.8) is 0 Å². The predicted octanol–water partition coefficient (Wildman–Crippen LogP) is 2.82. The summed E-state index contributed by atoms with van der Waals surface area (Å²) in [6.45, 7) is 0.280. The number of benzene rings is 1. The molecule has 0 aliphatic carbocycles. The van der Waals surface area contributed by atoms with E-state index in [9.17, 15) is 18.3 Å². The highest BCUT2D eigenvalue weighted by Gasteiger charge is 2.36. The van der Waals surface area contributed by atoms with E-state index in [1.165, 1.54) is 6.07 Å². The average molecular weight is 339 g/mol. The van der Waals surface area contributed by atoms with Gasteiger partial charge in [0.2, 0.25) is 0 Å². The molecular weight excluding hydrogens is 323 g/mol. The Hall–Kier alpha value is -2.35. The molecular formula is C16H16F3N3O2. The standard InChI is InChI=1S/C16H16F3N3O2/c1-24-12-4-2-3-10(7-12)13-8-11(23)9-22(13)15-6-5-14(20-21-15)16(17,18)19/h2-7,11,13,23H,8-9H2,1H3. The fourth-order valence-corrected chi connectivity index (χ4v) is 2.86. The van der Waals surface area contributed by atoms with Crippen LogP contribution in [0.25, 0.3) is 0 Å². The van der Waals surface area contributed by atoms with Crippen LogP contribution in [0.15, 0.2) is 36.4 Å². The molecule has 3 rings (SSSR count). The van der Waals surface area contributed by atoms with Gasteiger partial charge >= 0.3 is 6.18 Å². The number of nitrogens with zero attached hydrogens (tertiary/aromatic N) is 3. The van der Waals surface area contributed by atoms with Gasteiger partial charge < -0.3 is 14.7 Å². The third-order valence-corrected chi connectivity index (χ3v) is 3.99. The van der Waals surface area contributed by atoms with Crippen LogP contribution < -0.4 is 9.64 Å². The van der Waals surface area contributed by atoms with Gasteiger partial charge in [-0.05, 0) is 36.2 Å². The van der Waals surface area contributed by atoms with Gasteiger partial charge in [0.15, 0.2) is 11.5 Å². The number of aliphatic hydroxyl groups is 1. The summed E-state index contributed by atoms with van der Waals surface area (Å²) in [6.07, 6.45) is -4.66. The van der Waals surface area contributed by atoms with Crippen molar-refractivity contribution in [3.05, 3.63) is 47.7 Å². The Balaban J connectivity index is 1.90. The molecule has 5 nitrogen and oxygen atoms in total. The van der Waals surface area contributed by atoms with Gasteiger partial charge in [-0.1, -0.05) is 12.1 Å². The summed E-state index contributed by atoms with van der Waals surface area (Å²) >= 11 is 0. The third-order valence-electron chi connectivity index (χ3n) is 3.99. The summed E-state index contributed by atoms with van der Waals surface area (Å²) in [6, 6.07) is 9.33. The predicted molar refractivity (Wildman–Crippen MR) is 80.7 cm³/mol. The largest absolute Gasteiger partial charge is 0.497 e. The Morgan fingerprint density at radius 2 is 2.00 bits per heavy atom. The van der Waals surface area contributed by atoms with Crippen LogP contribution in [0, 0.1) is 0 Å². The number of hydrogen-bond acceptors (Lipinski definition) is 5. The van der Waals surface area contributed by atoms with Crippen molar-refractivity contribution in [1.82, 2.24) is 10.2 Å². The highest BCUT2D eigenvalue weighted by atomic mass is 19.4. The number of hydrogen-bond donors (Lipinski definition) is 1. The Kier molecular flexibility index (Phi) is 4.31. The molecule has 24 heavy (non-hydrogen) atoms. The van der Waals surface area contributed by atoms with Gasteiger partial charge in [0.05, 0.1) is 19.3 Å². The van der Waals surface area contributed by atoms with Crippen molar-refractivity contribution < 1.29 is 23.0 Å². The number of alkyl halides is 3. The molecule has 0 saturated carbocycles. The van der Waals surface area contributed by atoms with Crippen molar-refractivity contribution in [3.8, 4) is 5.75 Å². The van der Waals surface area contributed by atoms with Crippen LogP contribution in [-0.4, -0.2) is 35.1 Å². The molecule has 2 atom stereocenters. The summed E-state index contributed by atoms with van der Waals surface area (Å²) in [7, 11) is 1.56. The van der Waals surface area contributed by atoms with Crippen LogP contribution >= 0.6 is 0 Å². The van der Waals surface area contributed by atoms with Gasteiger partial charge in [-0.15, -0.1) is 10.2 Å². The summed E-state index contributed by atoms with van der Waals surface area (Å²) in [5, 5.41) is 17.0. The van der Waals surface area contributed by atoms with E-state index in [-0.39, 0.29) is 12.6 Å². The van der Waals surface area contributed by atoms with Gasteiger partial charge in [0, 0.05) is 6.54 Å². The number of aromatic nitrogens is 2. The smallest absolute Gasteiger partial charge is 0.435 e. The Bertz CT molecular complexity index is 706. The first-order chi connectivity index (χ1) is 11.4. The molecule has 128 valence electrons. The normalized spacial score (nSPS) is 21.1. The number of ether oxygens (including phenoxy) is 1. The maximum absolute atomic E-state index is 12.6. The number of anilines is 1. The second-order valence-corrected chi connectivity index (χ2v) is 5.61. The van der Waals surface area contributed by atoms with Crippen LogP contribution in [0.5, 0.6) is 5.75 Å². The van der Waals surface area contributed by atoms with E-state index in [0.29, 0.717) is 18.0 Å². The van der Waals surface area contributed by atoms with Crippen molar-refractivity contribution in [2.45, 2.75) is 24.7 Å². The highest BCUT2D eigenvalue weighted by molar-refractivity contribution is 5.45. The first-order valence-electron chi connectivity index (χ1n) is 7.38. The molecule has 1 saturated heterocycles. The zero-order chi connectivity index (χ0) is 17.3. The summed E-state index contributed by atoms with van der Waals surface area (Å²) in [5.41, 5.74) is -0.142. The van der Waals surface area contributed by atoms with E-state index >= 15 is 0 Å². The fraction of sp³-hybridized carbons (Fsp3) is 0.375. The van der Waals surface area contributed by atoms with E-state index in [1.54, 1.807) is 18.1 Å². The van der Waals surface area contributed by atoms with Crippen molar-refractivity contribution >= 4 is 5.82 Å².